The standard InChI is InChI=1S/C20H40N2O2/c1-2-3-4-5-6-7-8-9-10-11-12-13-14-15-16-17-20(24)22-18-19(21)23/h2-18H2,1H3,(H2,21,23)(H,22,24). The first kappa shape index (κ1) is 22.9. The van der Waals surface area contributed by atoms with Crippen molar-refractivity contribution in [3.63, 3.8) is 0 Å². The van der Waals surface area contributed by atoms with Crippen LogP contribution in [0.4, 0.5) is 0 Å². The number of rotatable bonds is 18. The van der Waals surface area contributed by atoms with E-state index >= 15 is 0 Å². The molecule has 4 nitrogen and oxygen atoms in total. The molecule has 0 fully saturated rings. The number of carbonyl (C=O) groups is 2. The molecule has 4 heteroatoms. The largest absolute Gasteiger partial charge is 0.368 e. The van der Waals surface area contributed by atoms with Crippen molar-refractivity contribution in [2.24, 2.45) is 5.73 Å². The molecule has 0 atom stereocenters. The van der Waals surface area contributed by atoms with E-state index in [-0.39, 0.29) is 12.5 Å². The fraction of sp³-hybridized carbons (Fsp3) is 0.900. The summed E-state index contributed by atoms with van der Waals surface area (Å²) in [6.45, 7) is 2.22. The van der Waals surface area contributed by atoms with Crippen molar-refractivity contribution < 1.29 is 9.59 Å². The number of amides is 2. The Bertz CT molecular complexity index is 306. The Morgan fingerprint density at radius 1 is 0.667 bits per heavy atom. The zero-order valence-corrected chi connectivity index (χ0v) is 15.9. The average Bonchev–Trinajstić information content (AvgIpc) is 2.56. The van der Waals surface area contributed by atoms with Crippen molar-refractivity contribution in [1.82, 2.24) is 5.32 Å². The lowest BCUT2D eigenvalue weighted by Gasteiger charge is -2.04. The molecule has 142 valence electrons. The van der Waals surface area contributed by atoms with Crippen LogP contribution in [0.3, 0.4) is 0 Å². The number of nitrogens with two attached hydrogens (primary N) is 1. The minimum absolute atomic E-state index is 0.0441. The third-order valence-electron chi connectivity index (χ3n) is 4.47. The topological polar surface area (TPSA) is 72.2 Å². The summed E-state index contributed by atoms with van der Waals surface area (Å²) in [5.41, 5.74) is 4.97. The molecule has 24 heavy (non-hydrogen) atoms. The lowest BCUT2D eigenvalue weighted by Crippen LogP contribution is -2.33. The highest BCUT2D eigenvalue weighted by Crippen LogP contribution is 2.13. The molecule has 0 aliphatic rings. The third kappa shape index (κ3) is 19.0. The summed E-state index contributed by atoms with van der Waals surface area (Å²) in [6.07, 6.45) is 20.3. The smallest absolute Gasteiger partial charge is 0.236 e. The van der Waals surface area contributed by atoms with Crippen LogP contribution < -0.4 is 11.1 Å². The molecule has 0 spiro atoms. The number of carbonyl (C=O) groups excluding carboxylic acids is 2. The van der Waals surface area contributed by atoms with Gasteiger partial charge in [-0.05, 0) is 6.42 Å². The molecule has 0 unspecified atom stereocenters. The maximum absolute atomic E-state index is 11.4. The number of hydrogen-bond donors (Lipinski definition) is 2. The molecule has 0 aromatic rings. The van der Waals surface area contributed by atoms with Gasteiger partial charge in [0.05, 0.1) is 6.54 Å². The Labute approximate surface area is 149 Å². The summed E-state index contributed by atoms with van der Waals surface area (Å²) in [6, 6.07) is 0. The molecule has 0 rings (SSSR count). The summed E-state index contributed by atoms with van der Waals surface area (Å²) in [7, 11) is 0. The molecule has 2 amide bonds. The summed E-state index contributed by atoms with van der Waals surface area (Å²) in [4.78, 5) is 21.9. The van der Waals surface area contributed by atoms with Gasteiger partial charge in [0.15, 0.2) is 0 Å². The van der Waals surface area contributed by atoms with Crippen molar-refractivity contribution in [1.29, 1.82) is 0 Å². The van der Waals surface area contributed by atoms with Crippen LogP contribution in [-0.4, -0.2) is 18.4 Å². The Hall–Kier alpha value is -1.06. The molecular formula is C20H40N2O2. The maximum atomic E-state index is 11.4. The first-order valence-corrected chi connectivity index (χ1v) is 10.2. The van der Waals surface area contributed by atoms with Gasteiger partial charge in [0.1, 0.15) is 0 Å². The molecule has 0 aliphatic carbocycles. The highest BCUT2D eigenvalue weighted by molar-refractivity contribution is 5.83. The molecule has 0 aromatic heterocycles. The minimum atomic E-state index is -0.486. The molecule has 0 aromatic carbocycles. The monoisotopic (exact) mass is 340 g/mol. The molecule has 0 heterocycles. The number of hydrogen-bond acceptors (Lipinski definition) is 2. The summed E-state index contributed by atoms with van der Waals surface area (Å²) >= 11 is 0. The molecule has 3 N–H and O–H groups in total. The van der Waals surface area contributed by atoms with E-state index in [0.29, 0.717) is 6.42 Å². The van der Waals surface area contributed by atoms with Gasteiger partial charge in [0, 0.05) is 6.42 Å². The van der Waals surface area contributed by atoms with Crippen molar-refractivity contribution >= 4 is 11.8 Å². The van der Waals surface area contributed by atoms with Crippen molar-refractivity contribution in [3.05, 3.63) is 0 Å². The first-order chi connectivity index (χ1) is 11.7. The van der Waals surface area contributed by atoms with E-state index in [1.807, 2.05) is 0 Å². The van der Waals surface area contributed by atoms with Gasteiger partial charge in [0.25, 0.3) is 0 Å². The minimum Gasteiger partial charge on any atom is -0.368 e. The van der Waals surface area contributed by atoms with Gasteiger partial charge in [0.2, 0.25) is 11.8 Å². The second-order valence-electron chi connectivity index (χ2n) is 6.94. The molecular weight excluding hydrogens is 300 g/mol. The first-order valence-electron chi connectivity index (χ1n) is 10.2. The van der Waals surface area contributed by atoms with Gasteiger partial charge < -0.3 is 11.1 Å². The number of nitrogens with one attached hydrogen (secondary N) is 1. The second-order valence-corrected chi connectivity index (χ2v) is 6.94. The van der Waals surface area contributed by atoms with Crippen LogP contribution in [0.5, 0.6) is 0 Å². The van der Waals surface area contributed by atoms with Gasteiger partial charge in [-0.15, -0.1) is 0 Å². The molecule has 0 saturated carbocycles. The normalized spacial score (nSPS) is 10.7. The summed E-state index contributed by atoms with van der Waals surface area (Å²) in [5, 5.41) is 2.52. The summed E-state index contributed by atoms with van der Waals surface area (Å²) < 4.78 is 0. The zero-order valence-electron chi connectivity index (χ0n) is 15.9. The number of primary amides is 1. The molecule has 0 aliphatic heterocycles. The van der Waals surface area contributed by atoms with Crippen LogP contribution >= 0.6 is 0 Å². The Morgan fingerprint density at radius 2 is 1.04 bits per heavy atom. The van der Waals surface area contributed by atoms with Gasteiger partial charge in [-0.25, -0.2) is 0 Å². The highest BCUT2D eigenvalue weighted by atomic mass is 16.2. The van der Waals surface area contributed by atoms with Gasteiger partial charge >= 0.3 is 0 Å². The quantitative estimate of drug-likeness (QED) is 0.350. The average molecular weight is 341 g/mol. The SMILES string of the molecule is CCCCCCCCCCCCCCCCCC(=O)NCC(N)=O. The van der Waals surface area contributed by atoms with Crippen LogP contribution in [0.15, 0.2) is 0 Å². The Kier molecular flexibility index (Phi) is 17.5. The Balaban J connectivity index is 3.10. The van der Waals surface area contributed by atoms with Crippen LogP contribution in [0.25, 0.3) is 0 Å². The molecule has 0 bridgehead atoms. The molecule has 0 saturated heterocycles. The van der Waals surface area contributed by atoms with Gasteiger partial charge in [-0.3, -0.25) is 9.59 Å². The lowest BCUT2D eigenvalue weighted by molar-refractivity contribution is -0.124. The lowest BCUT2D eigenvalue weighted by atomic mass is 10.0. The van der Waals surface area contributed by atoms with Crippen LogP contribution in [0.2, 0.25) is 0 Å². The van der Waals surface area contributed by atoms with E-state index in [2.05, 4.69) is 12.2 Å². The third-order valence-corrected chi connectivity index (χ3v) is 4.47. The van der Waals surface area contributed by atoms with E-state index in [9.17, 15) is 9.59 Å². The summed E-state index contributed by atoms with van der Waals surface area (Å²) in [5.74, 6) is -0.552. The Morgan fingerprint density at radius 3 is 1.42 bits per heavy atom. The van der Waals surface area contributed by atoms with Crippen LogP contribution in [0.1, 0.15) is 110 Å². The van der Waals surface area contributed by atoms with Crippen LogP contribution in [0, 0.1) is 0 Å². The fourth-order valence-corrected chi connectivity index (χ4v) is 2.93. The van der Waals surface area contributed by atoms with Crippen molar-refractivity contribution in [3.8, 4) is 0 Å². The van der Waals surface area contributed by atoms with Crippen molar-refractivity contribution in [2.75, 3.05) is 6.54 Å². The zero-order chi connectivity index (χ0) is 17.9. The van der Waals surface area contributed by atoms with E-state index in [0.717, 1.165) is 12.8 Å². The highest BCUT2D eigenvalue weighted by Gasteiger charge is 2.02. The maximum Gasteiger partial charge on any atom is 0.236 e. The number of unbranched alkanes of at least 4 members (excludes halogenated alkanes) is 14. The predicted octanol–water partition coefficient (Wildman–Crippen LogP) is 4.85. The van der Waals surface area contributed by atoms with Crippen molar-refractivity contribution in [2.45, 2.75) is 110 Å². The second kappa shape index (κ2) is 18.3. The van der Waals surface area contributed by atoms with E-state index in [1.54, 1.807) is 0 Å². The fourth-order valence-electron chi connectivity index (χ4n) is 2.93. The van der Waals surface area contributed by atoms with E-state index in [4.69, 9.17) is 5.73 Å². The van der Waals surface area contributed by atoms with Gasteiger partial charge in [-0.2, -0.15) is 0 Å². The predicted molar refractivity (Wildman–Crippen MR) is 102 cm³/mol. The van der Waals surface area contributed by atoms with E-state index in [1.165, 1.54) is 83.5 Å². The van der Waals surface area contributed by atoms with Gasteiger partial charge in [-0.1, -0.05) is 96.8 Å². The molecule has 0 radical (unpaired) electrons. The van der Waals surface area contributed by atoms with E-state index < -0.39 is 5.91 Å². The van der Waals surface area contributed by atoms with Crippen LogP contribution in [-0.2, 0) is 9.59 Å².